The lowest BCUT2D eigenvalue weighted by Gasteiger charge is -2.36. The van der Waals surface area contributed by atoms with Crippen LogP contribution in [-0.2, 0) is 14.9 Å². The summed E-state index contributed by atoms with van der Waals surface area (Å²) in [7, 11) is -1.97. The molecule has 0 saturated carbocycles. The van der Waals surface area contributed by atoms with Crippen LogP contribution in [0.5, 0.6) is 5.75 Å². The first-order valence-corrected chi connectivity index (χ1v) is 9.32. The standard InChI is InChI=1S/C15H23ClN2O4S/c1-12-10-18(11-13(2)22-12)23(19,20)17(3)8-9-21-15-7-5-4-6-14(15)16/h4-7,12-13H,8-11H2,1-3H3. The summed E-state index contributed by atoms with van der Waals surface area (Å²) in [4.78, 5) is 0. The maximum atomic E-state index is 12.6. The first kappa shape index (κ1) is 18.5. The fraction of sp³-hybridized carbons (Fsp3) is 0.600. The van der Waals surface area contributed by atoms with Crippen LogP contribution in [0.1, 0.15) is 13.8 Å². The van der Waals surface area contributed by atoms with Crippen molar-refractivity contribution in [2.45, 2.75) is 26.1 Å². The molecule has 8 heteroatoms. The van der Waals surface area contributed by atoms with Gasteiger partial charge >= 0.3 is 0 Å². The number of hydrogen-bond acceptors (Lipinski definition) is 4. The van der Waals surface area contributed by atoms with Crippen LogP contribution in [0.25, 0.3) is 0 Å². The van der Waals surface area contributed by atoms with Crippen LogP contribution in [0.4, 0.5) is 0 Å². The molecule has 0 bridgehead atoms. The van der Waals surface area contributed by atoms with Crippen molar-refractivity contribution in [3.8, 4) is 5.75 Å². The van der Waals surface area contributed by atoms with E-state index in [1.54, 1.807) is 19.2 Å². The average Bonchev–Trinajstić information content (AvgIpc) is 2.48. The summed E-state index contributed by atoms with van der Waals surface area (Å²) in [6.07, 6.45) is -0.220. The van der Waals surface area contributed by atoms with Crippen LogP contribution in [0.15, 0.2) is 24.3 Å². The number of likely N-dealkylation sites (N-methyl/N-ethyl adjacent to an activating group) is 1. The van der Waals surface area contributed by atoms with Gasteiger partial charge in [0.15, 0.2) is 0 Å². The zero-order valence-corrected chi connectivity index (χ0v) is 15.2. The molecule has 1 aromatic rings. The van der Waals surface area contributed by atoms with Gasteiger partial charge in [-0.05, 0) is 26.0 Å². The Hall–Kier alpha value is -0.860. The van der Waals surface area contributed by atoms with Gasteiger partial charge in [0.1, 0.15) is 12.4 Å². The molecule has 130 valence electrons. The number of nitrogens with zero attached hydrogens (tertiary/aromatic N) is 2. The van der Waals surface area contributed by atoms with Crippen LogP contribution in [0.3, 0.4) is 0 Å². The second-order valence-corrected chi connectivity index (χ2v) is 8.13. The lowest BCUT2D eigenvalue weighted by molar-refractivity contribution is -0.0453. The topological polar surface area (TPSA) is 59.1 Å². The second kappa shape index (κ2) is 7.81. The third kappa shape index (κ3) is 4.81. The molecule has 23 heavy (non-hydrogen) atoms. The fourth-order valence-corrected chi connectivity index (χ4v) is 4.16. The summed E-state index contributed by atoms with van der Waals surface area (Å²) in [5.41, 5.74) is 0. The van der Waals surface area contributed by atoms with Crippen LogP contribution >= 0.6 is 11.6 Å². The van der Waals surface area contributed by atoms with Crippen molar-refractivity contribution in [2.75, 3.05) is 33.3 Å². The normalized spacial score (nSPS) is 23.2. The Bertz CT molecular complexity index is 616. The third-order valence-corrected chi connectivity index (χ3v) is 5.84. The molecule has 0 aromatic heterocycles. The van der Waals surface area contributed by atoms with Gasteiger partial charge in [0.2, 0.25) is 0 Å². The van der Waals surface area contributed by atoms with Crippen molar-refractivity contribution < 1.29 is 17.9 Å². The fourth-order valence-electron chi connectivity index (χ4n) is 2.48. The van der Waals surface area contributed by atoms with E-state index in [1.807, 2.05) is 26.0 Å². The molecule has 0 spiro atoms. The number of hydrogen-bond donors (Lipinski definition) is 0. The van der Waals surface area contributed by atoms with Crippen molar-refractivity contribution in [2.24, 2.45) is 0 Å². The average molecular weight is 363 g/mol. The summed E-state index contributed by atoms with van der Waals surface area (Å²) < 4.78 is 39.1. The Morgan fingerprint density at radius 2 is 1.91 bits per heavy atom. The van der Waals surface area contributed by atoms with E-state index in [-0.39, 0.29) is 25.4 Å². The van der Waals surface area contributed by atoms with Crippen molar-refractivity contribution >= 4 is 21.8 Å². The van der Waals surface area contributed by atoms with Gasteiger partial charge in [-0.2, -0.15) is 17.0 Å². The number of ether oxygens (including phenoxy) is 2. The number of para-hydroxylation sites is 1. The Labute approximate surface area is 143 Å². The highest BCUT2D eigenvalue weighted by atomic mass is 35.5. The maximum Gasteiger partial charge on any atom is 0.282 e. The van der Waals surface area contributed by atoms with E-state index in [0.29, 0.717) is 23.9 Å². The van der Waals surface area contributed by atoms with Crippen molar-refractivity contribution in [1.82, 2.24) is 8.61 Å². The van der Waals surface area contributed by atoms with Gasteiger partial charge in [0.05, 0.1) is 17.2 Å². The lowest BCUT2D eigenvalue weighted by Crippen LogP contribution is -2.52. The molecule has 2 atom stereocenters. The van der Waals surface area contributed by atoms with E-state index in [0.717, 1.165) is 0 Å². The zero-order chi connectivity index (χ0) is 17.0. The quantitative estimate of drug-likeness (QED) is 0.776. The second-order valence-electron chi connectivity index (χ2n) is 5.68. The van der Waals surface area contributed by atoms with Crippen LogP contribution in [-0.4, -0.2) is 62.5 Å². The molecular weight excluding hydrogens is 340 g/mol. The van der Waals surface area contributed by atoms with Crippen molar-refractivity contribution in [1.29, 1.82) is 0 Å². The SMILES string of the molecule is CC1CN(S(=O)(=O)N(C)CCOc2ccccc2Cl)CC(C)O1. The van der Waals surface area contributed by atoms with Crippen LogP contribution in [0.2, 0.25) is 5.02 Å². The minimum atomic E-state index is -3.52. The molecule has 0 aliphatic carbocycles. The first-order valence-electron chi connectivity index (χ1n) is 7.55. The van der Waals surface area contributed by atoms with Gasteiger partial charge < -0.3 is 9.47 Å². The predicted molar refractivity (Wildman–Crippen MR) is 90.1 cm³/mol. The molecule has 1 fully saturated rings. The van der Waals surface area contributed by atoms with Crippen LogP contribution in [0, 0.1) is 0 Å². The number of benzene rings is 1. The molecule has 2 unspecified atom stereocenters. The summed E-state index contributed by atoms with van der Waals surface area (Å²) >= 11 is 6.00. The number of morpholine rings is 1. The lowest BCUT2D eigenvalue weighted by atomic mass is 10.3. The van der Waals surface area contributed by atoms with E-state index < -0.39 is 10.2 Å². The molecule has 1 saturated heterocycles. The molecule has 0 amide bonds. The van der Waals surface area contributed by atoms with Crippen molar-refractivity contribution in [3.05, 3.63) is 29.3 Å². The summed E-state index contributed by atoms with van der Waals surface area (Å²) in [6.45, 7) is 4.95. The molecule has 1 aromatic carbocycles. The maximum absolute atomic E-state index is 12.6. The van der Waals surface area contributed by atoms with Gasteiger partial charge in [0, 0.05) is 26.7 Å². The number of rotatable bonds is 6. The molecule has 1 heterocycles. The molecule has 1 aliphatic rings. The first-order chi connectivity index (χ1) is 10.8. The Morgan fingerprint density at radius 3 is 2.52 bits per heavy atom. The Morgan fingerprint density at radius 1 is 1.30 bits per heavy atom. The van der Waals surface area contributed by atoms with Crippen LogP contribution < -0.4 is 4.74 Å². The third-order valence-electron chi connectivity index (χ3n) is 3.61. The molecule has 0 N–H and O–H groups in total. The number of halogens is 1. The van der Waals surface area contributed by atoms with E-state index in [4.69, 9.17) is 21.1 Å². The smallest absolute Gasteiger partial charge is 0.282 e. The highest BCUT2D eigenvalue weighted by Crippen LogP contribution is 2.23. The van der Waals surface area contributed by atoms with Gasteiger partial charge in [0.25, 0.3) is 10.2 Å². The molecule has 1 aliphatic heterocycles. The monoisotopic (exact) mass is 362 g/mol. The molecule has 2 rings (SSSR count). The minimum Gasteiger partial charge on any atom is -0.491 e. The Balaban J connectivity index is 1.91. The minimum absolute atomic E-state index is 0.110. The van der Waals surface area contributed by atoms with E-state index in [1.165, 1.54) is 8.61 Å². The van der Waals surface area contributed by atoms with Gasteiger partial charge in [-0.3, -0.25) is 0 Å². The predicted octanol–water partition coefficient (Wildman–Crippen LogP) is 2.00. The largest absolute Gasteiger partial charge is 0.491 e. The summed E-state index contributed by atoms with van der Waals surface area (Å²) in [5, 5.41) is 0.508. The van der Waals surface area contributed by atoms with Gasteiger partial charge in [-0.25, -0.2) is 0 Å². The van der Waals surface area contributed by atoms with Crippen molar-refractivity contribution in [3.63, 3.8) is 0 Å². The summed E-state index contributed by atoms with van der Waals surface area (Å²) in [5.74, 6) is 0.550. The molecule has 0 radical (unpaired) electrons. The molecule has 6 nitrogen and oxygen atoms in total. The highest BCUT2D eigenvalue weighted by Gasteiger charge is 2.33. The Kier molecular flexibility index (Phi) is 6.27. The summed E-state index contributed by atoms with van der Waals surface area (Å²) in [6, 6.07) is 7.11. The van der Waals surface area contributed by atoms with E-state index in [2.05, 4.69) is 0 Å². The zero-order valence-electron chi connectivity index (χ0n) is 13.6. The highest BCUT2D eigenvalue weighted by molar-refractivity contribution is 7.86. The molecular formula is C15H23ClN2O4S. The van der Waals surface area contributed by atoms with E-state index >= 15 is 0 Å². The van der Waals surface area contributed by atoms with Gasteiger partial charge in [-0.15, -0.1) is 0 Å². The van der Waals surface area contributed by atoms with Gasteiger partial charge in [-0.1, -0.05) is 23.7 Å². The van der Waals surface area contributed by atoms with E-state index in [9.17, 15) is 8.42 Å².